The Morgan fingerprint density at radius 3 is 2.93 bits per heavy atom. The highest BCUT2D eigenvalue weighted by Gasteiger charge is 2.14. The molecular formula is C8H4N4O2S. The highest BCUT2D eigenvalue weighted by atomic mass is 32.1. The van der Waals surface area contributed by atoms with Gasteiger partial charge in [0.1, 0.15) is 11.6 Å². The summed E-state index contributed by atoms with van der Waals surface area (Å²) in [4.78, 5) is 14.0. The number of thiazole rings is 1. The molecule has 1 aromatic carbocycles. The Bertz CT molecular complexity index is 598. The lowest BCUT2D eigenvalue weighted by Crippen LogP contribution is -1.89. The van der Waals surface area contributed by atoms with Crippen LogP contribution >= 0.6 is 11.3 Å². The third-order valence-electron chi connectivity index (χ3n) is 1.83. The molecule has 0 aliphatic rings. The maximum Gasteiger partial charge on any atom is 0.272 e. The molecule has 0 saturated heterocycles. The van der Waals surface area contributed by atoms with Crippen molar-refractivity contribution in [2.45, 2.75) is 0 Å². The summed E-state index contributed by atoms with van der Waals surface area (Å²) in [5.41, 5.74) is 5.94. The second-order valence-electron chi connectivity index (χ2n) is 2.76. The Balaban J connectivity index is 2.83. The number of rotatable bonds is 1. The molecule has 6 nitrogen and oxygen atoms in total. The van der Waals surface area contributed by atoms with Gasteiger partial charge in [0.05, 0.1) is 15.2 Å². The van der Waals surface area contributed by atoms with Gasteiger partial charge in [-0.1, -0.05) is 11.3 Å². The molecule has 74 valence electrons. The second kappa shape index (κ2) is 3.18. The van der Waals surface area contributed by atoms with Crippen LogP contribution in [-0.2, 0) is 0 Å². The van der Waals surface area contributed by atoms with E-state index in [4.69, 9.17) is 11.0 Å². The fourth-order valence-electron chi connectivity index (χ4n) is 1.22. The third kappa shape index (κ3) is 1.47. The minimum absolute atomic E-state index is 0.122. The van der Waals surface area contributed by atoms with E-state index in [-0.39, 0.29) is 11.3 Å². The quantitative estimate of drug-likeness (QED) is 0.581. The molecule has 0 radical (unpaired) electrons. The summed E-state index contributed by atoms with van der Waals surface area (Å²) >= 11 is 1.12. The SMILES string of the molecule is N#Cc1cc([N+](=O)[O-])cc2sc(N)nc12. The van der Waals surface area contributed by atoms with Crippen LogP contribution in [0.5, 0.6) is 0 Å². The highest BCUT2D eigenvalue weighted by molar-refractivity contribution is 7.22. The molecule has 2 rings (SSSR count). The third-order valence-corrected chi connectivity index (χ3v) is 2.66. The number of hydrogen-bond donors (Lipinski definition) is 1. The average Bonchev–Trinajstić information content (AvgIpc) is 2.56. The first-order chi connectivity index (χ1) is 7.11. The number of nitro benzene ring substituents is 1. The summed E-state index contributed by atoms with van der Waals surface area (Å²) in [5.74, 6) is 0. The smallest absolute Gasteiger partial charge is 0.272 e. The number of hydrogen-bond acceptors (Lipinski definition) is 6. The van der Waals surface area contributed by atoms with Crippen molar-refractivity contribution in [3.8, 4) is 6.07 Å². The van der Waals surface area contributed by atoms with E-state index in [1.165, 1.54) is 12.1 Å². The van der Waals surface area contributed by atoms with E-state index in [2.05, 4.69) is 4.98 Å². The van der Waals surface area contributed by atoms with Gasteiger partial charge in [-0.2, -0.15) is 5.26 Å². The number of fused-ring (bicyclic) bond motifs is 1. The predicted octanol–water partition coefficient (Wildman–Crippen LogP) is 1.66. The van der Waals surface area contributed by atoms with E-state index in [0.717, 1.165) is 11.3 Å². The van der Waals surface area contributed by atoms with E-state index in [1.807, 2.05) is 6.07 Å². The standard InChI is InChI=1S/C8H4N4O2S/c9-3-4-1-5(12(13)14)2-6-7(4)11-8(10)15-6/h1-2H,(H2,10,11). The van der Waals surface area contributed by atoms with Crippen LogP contribution in [0.2, 0.25) is 0 Å². The maximum absolute atomic E-state index is 10.6. The number of non-ortho nitro benzene ring substituents is 1. The van der Waals surface area contributed by atoms with E-state index >= 15 is 0 Å². The van der Waals surface area contributed by atoms with E-state index in [1.54, 1.807) is 0 Å². The van der Waals surface area contributed by atoms with Crippen LogP contribution in [0, 0.1) is 21.4 Å². The van der Waals surface area contributed by atoms with Gasteiger partial charge in [0.25, 0.3) is 5.69 Å². The monoisotopic (exact) mass is 220 g/mol. The van der Waals surface area contributed by atoms with Crippen molar-refractivity contribution in [1.82, 2.24) is 4.98 Å². The Morgan fingerprint density at radius 2 is 2.33 bits per heavy atom. The molecule has 2 N–H and O–H groups in total. The van der Waals surface area contributed by atoms with Gasteiger partial charge in [0.15, 0.2) is 5.13 Å². The molecule has 1 aromatic heterocycles. The Morgan fingerprint density at radius 1 is 1.60 bits per heavy atom. The van der Waals surface area contributed by atoms with Gasteiger partial charge in [-0.3, -0.25) is 10.1 Å². The van der Waals surface area contributed by atoms with Gasteiger partial charge in [-0.25, -0.2) is 4.98 Å². The van der Waals surface area contributed by atoms with Crippen LogP contribution in [0.1, 0.15) is 5.56 Å². The first-order valence-electron chi connectivity index (χ1n) is 3.86. The molecule has 0 saturated carbocycles. The van der Waals surface area contributed by atoms with Gasteiger partial charge in [-0.05, 0) is 0 Å². The molecule has 0 atom stereocenters. The number of nitrogens with two attached hydrogens (primary N) is 1. The van der Waals surface area contributed by atoms with Gasteiger partial charge < -0.3 is 5.73 Å². The molecule has 0 spiro atoms. The summed E-state index contributed by atoms with van der Waals surface area (Å²) in [6.07, 6.45) is 0. The highest BCUT2D eigenvalue weighted by Crippen LogP contribution is 2.30. The molecule has 0 bridgehead atoms. The summed E-state index contributed by atoms with van der Waals surface area (Å²) in [6.45, 7) is 0. The van der Waals surface area contributed by atoms with Crippen LogP contribution in [0.3, 0.4) is 0 Å². The van der Waals surface area contributed by atoms with Crippen LogP contribution in [0.25, 0.3) is 10.2 Å². The lowest BCUT2D eigenvalue weighted by atomic mass is 10.2. The van der Waals surface area contributed by atoms with Crippen molar-refractivity contribution in [3.63, 3.8) is 0 Å². The summed E-state index contributed by atoms with van der Waals surface area (Å²) in [7, 11) is 0. The summed E-state index contributed by atoms with van der Waals surface area (Å²) < 4.78 is 0.554. The van der Waals surface area contributed by atoms with Gasteiger partial charge in [-0.15, -0.1) is 0 Å². The van der Waals surface area contributed by atoms with E-state index < -0.39 is 4.92 Å². The minimum atomic E-state index is -0.545. The molecule has 15 heavy (non-hydrogen) atoms. The number of nitrogen functional groups attached to an aromatic ring is 1. The van der Waals surface area contributed by atoms with Gasteiger partial charge >= 0.3 is 0 Å². The van der Waals surface area contributed by atoms with Crippen molar-refractivity contribution in [2.75, 3.05) is 5.73 Å². The zero-order valence-electron chi connectivity index (χ0n) is 7.30. The lowest BCUT2D eigenvalue weighted by Gasteiger charge is -1.92. The number of nitrogens with zero attached hydrogens (tertiary/aromatic N) is 3. The lowest BCUT2D eigenvalue weighted by molar-refractivity contribution is -0.384. The minimum Gasteiger partial charge on any atom is -0.375 e. The Hall–Kier alpha value is -2.20. The van der Waals surface area contributed by atoms with E-state index in [9.17, 15) is 10.1 Å². The Kier molecular flexibility index (Phi) is 1.98. The number of anilines is 1. The fraction of sp³-hybridized carbons (Fsp3) is 0. The molecule has 1 heterocycles. The van der Waals surface area contributed by atoms with Crippen LogP contribution in [0.4, 0.5) is 10.8 Å². The van der Waals surface area contributed by atoms with Gasteiger partial charge in [0, 0.05) is 12.1 Å². The van der Waals surface area contributed by atoms with Crippen molar-refractivity contribution in [3.05, 3.63) is 27.8 Å². The maximum atomic E-state index is 10.6. The van der Waals surface area contributed by atoms with Crippen molar-refractivity contribution in [1.29, 1.82) is 5.26 Å². The van der Waals surface area contributed by atoms with Crippen LogP contribution < -0.4 is 5.73 Å². The average molecular weight is 220 g/mol. The normalized spacial score (nSPS) is 10.1. The number of benzene rings is 1. The molecular weight excluding hydrogens is 216 g/mol. The van der Waals surface area contributed by atoms with E-state index in [0.29, 0.717) is 15.3 Å². The van der Waals surface area contributed by atoms with Crippen LogP contribution in [0.15, 0.2) is 12.1 Å². The largest absolute Gasteiger partial charge is 0.375 e. The molecule has 0 aliphatic carbocycles. The second-order valence-corrected chi connectivity index (χ2v) is 3.82. The first-order valence-corrected chi connectivity index (χ1v) is 4.68. The van der Waals surface area contributed by atoms with Crippen molar-refractivity contribution >= 4 is 32.4 Å². The zero-order valence-corrected chi connectivity index (χ0v) is 8.11. The molecule has 0 aliphatic heterocycles. The molecule has 7 heteroatoms. The van der Waals surface area contributed by atoms with Crippen LogP contribution in [-0.4, -0.2) is 9.91 Å². The topological polar surface area (TPSA) is 106 Å². The number of nitriles is 1. The van der Waals surface area contributed by atoms with Crippen molar-refractivity contribution < 1.29 is 4.92 Å². The number of aromatic nitrogens is 1. The summed E-state index contributed by atoms with van der Waals surface area (Å²) in [6, 6.07) is 4.42. The summed E-state index contributed by atoms with van der Waals surface area (Å²) in [5, 5.41) is 19.7. The predicted molar refractivity (Wildman–Crippen MR) is 55.4 cm³/mol. The first kappa shape index (κ1) is 9.36. The zero-order chi connectivity index (χ0) is 11.0. The van der Waals surface area contributed by atoms with Gasteiger partial charge in [0.2, 0.25) is 0 Å². The molecule has 0 amide bonds. The molecule has 0 fully saturated rings. The molecule has 0 unspecified atom stereocenters. The molecule has 2 aromatic rings. The Labute approximate surface area is 87.7 Å². The fourth-order valence-corrected chi connectivity index (χ4v) is 2.02. The van der Waals surface area contributed by atoms with Crippen molar-refractivity contribution in [2.24, 2.45) is 0 Å². The number of nitro groups is 1.